The zero-order chi connectivity index (χ0) is 10.1. The van der Waals surface area contributed by atoms with Gasteiger partial charge in [-0.15, -0.1) is 0 Å². The average molecular weight is 186 g/mol. The number of pyridine rings is 1. The van der Waals surface area contributed by atoms with Crippen LogP contribution in [0.3, 0.4) is 0 Å². The maximum absolute atomic E-state index is 4.36. The Hall–Kier alpha value is -1.57. The Morgan fingerprint density at radius 1 is 1.07 bits per heavy atom. The highest BCUT2D eigenvalue weighted by atomic mass is 14.9. The summed E-state index contributed by atoms with van der Waals surface area (Å²) in [7, 11) is 2.03. The molecule has 2 aromatic heterocycles. The maximum Gasteiger partial charge on any atom is 0.0382 e. The van der Waals surface area contributed by atoms with Gasteiger partial charge in [-0.05, 0) is 43.2 Å². The van der Waals surface area contributed by atoms with E-state index in [-0.39, 0.29) is 0 Å². The van der Waals surface area contributed by atoms with Crippen molar-refractivity contribution in [3.05, 3.63) is 42.0 Å². The number of nitrogens with zero attached hydrogens (tertiary/aromatic N) is 2. The first-order chi connectivity index (χ1) is 6.65. The SMILES string of the molecule is Cc1cc(-c2ccn(C)c2)cc(C)n1. The standard InChI is InChI=1S/C12H14N2/c1-9-6-12(7-10(2)13-9)11-4-5-14(3)8-11/h4-8H,1-3H3. The van der Waals surface area contributed by atoms with Crippen molar-refractivity contribution in [1.82, 2.24) is 9.55 Å². The molecule has 0 unspecified atom stereocenters. The first kappa shape index (κ1) is 9.00. The van der Waals surface area contributed by atoms with Crippen LogP contribution in [0, 0.1) is 13.8 Å². The van der Waals surface area contributed by atoms with Crippen LogP contribution in [0.15, 0.2) is 30.6 Å². The van der Waals surface area contributed by atoms with E-state index in [9.17, 15) is 0 Å². The van der Waals surface area contributed by atoms with Crippen molar-refractivity contribution in [2.24, 2.45) is 7.05 Å². The second kappa shape index (κ2) is 3.29. The fraction of sp³-hybridized carbons (Fsp3) is 0.250. The van der Waals surface area contributed by atoms with Crippen molar-refractivity contribution >= 4 is 0 Å². The van der Waals surface area contributed by atoms with Crippen molar-refractivity contribution < 1.29 is 0 Å². The van der Waals surface area contributed by atoms with E-state index in [1.54, 1.807) is 0 Å². The molecule has 0 spiro atoms. The van der Waals surface area contributed by atoms with Gasteiger partial charge in [0.1, 0.15) is 0 Å². The van der Waals surface area contributed by atoms with Crippen LogP contribution in [0.5, 0.6) is 0 Å². The third kappa shape index (κ3) is 1.69. The molecule has 0 radical (unpaired) electrons. The molecule has 0 aromatic carbocycles. The van der Waals surface area contributed by atoms with Gasteiger partial charge in [0.05, 0.1) is 0 Å². The second-order valence-electron chi connectivity index (χ2n) is 3.70. The first-order valence-corrected chi connectivity index (χ1v) is 4.73. The topological polar surface area (TPSA) is 17.8 Å². The third-order valence-corrected chi connectivity index (χ3v) is 2.25. The van der Waals surface area contributed by atoms with Crippen LogP contribution in [0.2, 0.25) is 0 Å². The predicted molar refractivity (Wildman–Crippen MR) is 58.1 cm³/mol. The van der Waals surface area contributed by atoms with E-state index in [1.165, 1.54) is 11.1 Å². The highest BCUT2D eigenvalue weighted by Gasteiger charge is 2.01. The molecule has 0 aliphatic rings. The summed E-state index contributed by atoms with van der Waals surface area (Å²) in [5.41, 5.74) is 4.64. The summed E-state index contributed by atoms with van der Waals surface area (Å²) >= 11 is 0. The highest BCUT2D eigenvalue weighted by Crippen LogP contribution is 2.20. The molecule has 72 valence electrons. The van der Waals surface area contributed by atoms with E-state index < -0.39 is 0 Å². The third-order valence-electron chi connectivity index (χ3n) is 2.25. The molecule has 14 heavy (non-hydrogen) atoms. The Morgan fingerprint density at radius 3 is 2.21 bits per heavy atom. The van der Waals surface area contributed by atoms with E-state index in [2.05, 4.69) is 40.1 Å². The molecule has 2 heteroatoms. The molecule has 0 N–H and O–H groups in total. The summed E-state index contributed by atoms with van der Waals surface area (Å²) in [5, 5.41) is 0. The molecule has 0 aliphatic carbocycles. The molecule has 2 heterocycles. The molecule has 0 bridgehead atoms. The Labute approximate surface area is 84.2 Å². The van der Waals surface area contributed by atoms with Gasteiger partial charge in [-0.2, -0.15) is 0 Å². The average Bonchev–Trinajstić information content (AvgIpc) is 2.50. The lowest BCUT2D eigenvalue weighted by atomic mass is 10.1. The van der Waals surface area contributed by atoms with Crippen LogP contribution in [-0.4, -0.2) is 9.55 Å². The Morgan fingerprint density at radius 2 is 1.71 bits per heavy atom. The van der Waals surface area contributed by atoms with Crippen LogP contribution in [0.25, 0.3) is 11.1 Å². The number of hydrogen-bond donors (Lipinski definition) is 0. The summed E-state index contributed by atoms with van der Waals surface area (Å²) in [5.74, 6) is 0. The molecule has 0 fully saturated rings. The van der Waals surface area contributed by atoms with E-state index in [0.717, 1.165) is 11.4 Å². The van der Waals surface area contributed by atoms with Gasteiger partial charge in [-0.1, -0.05) is 0 Å². The van der Waals surface area contributed by atoms with Gasteiger partial charge in [0.25, 0.3) is 0 Å². The quantitative estimate of drug-likeness (QED) is 0.669. The molecule has 0 saturated carbocycles. The van der Waals surface area contributed by atoms with Crippen LogP contribution in [0.4, 0.5) is 0 Å². The highest BCUT2D eigenvalue weighted by molar-refractivity contribution is 5.63. The van der Waals surface area contributed by atoms with Gasteiger partial charge >= 0.3 is 0 Å². The number of hydrogen-bond acceptors (Lipinski definition) is 1. The van der Waals surface area contributed by atoms with Crippen molar-refractivity contribution in [3.8, 4) is 11.1 Å². The molecule has 2 rings (SSSR count). The monoisotopic (exact) mass is 186 g/mol. The summed E-state index contributed by atoms with van der Waals surface area (Å²) in [6, 6.07) is 6.35. The predicted octanol–water partition coefficient (Wildman–Crippen LogP) is 2.70. The molecular formula is C12H14N2. The van der Waals surface area contributed by atoms with Crippen LogP contribution in [0.1, 0.15) is 11.4 Å². The Bertz CT molecular complexity index is 435. The zero-order valence-corrected chi connectivity index (χ0v) is 8.78. The molecule has 0 amide bonds. The van der Waals surface area contributed by atoms with Crippen LogP contribution in [-0.2, 0) is 7.05 Å². The zero-order valence-electron chi connectivity index (χ0n) is 8.78. The molecular weight excluding hydrogens is 172 g/mol. The van der Waals surface area contributed by atoms with Crippen molar-refractivity contribution in [2.75, 3.05) is 0 Å². The van der Waals surface area contributed by atoms with Gasteiger partial charge in [-0.3, -0.25) is 4.98 Å². The van der Waals surface area contributed by atoms with Crippen molar-refractivity contribution in [3.63, 3.8) is 0 Å². The van der Waals surface area contributed by atoms with Gasteiger partial charge < -0.3 is 4.57 Å². The lowest BCUT2D eigenvalue weighted by Crippen LogP contribution is -1.87. The molecule has 0 atom stereocenters. The minimum Gasteiger partial charge on any atom is -0.357 e. The molecule has 0 saturated heterocycles. The maximum atomic E-state index is 4.36. The van der Waals surface area contributed by atoms with E-state index in [1.807, 2.05) is 20.9 Å². The summed E-state index contributed by atoms with van der Waals surface area (Å²) in [6.45, 7) is 4.05. The summed E-state index contributed by atoms with van der Waals surface area (Å²) in [6.07, 6.45) is 4.18. The lowest BCUT2D eigenvalue weighted by Gasteiger charge is -2.01. The molecule has 2 nitrogen and oxygen atoms in total. The van der Waals surface area contributed by atoms with Crippen LogP contribution < -0.4 is 0 Å². The van der Waals surface area contributed by atoms with Crippen molar-refractivity contribution in [2.45, 2.75) is 13.8 Å². The molecule has 0 aliphatic heterocycles. The van der Waals surface area contributed by atoms with Crippen LogP contribution >= 0.6 is 0 Å². The van der Waals surface area contributed by atoms with Gasteiger partial charge in [-0.25, -0.2) is 0 Å². The lowest BCUT2D eigenvalue weighted by molar-refractivity contribution is 0.928. The number of aryl methyl sites for hydroxylation is 3. The molecule has 2 aromatic rings. The first-order valence-electron chi connectivity index (χ1n) is 4.73. The van der Waals surface area contributed by atoms with Gasteiger partial charge in [0.15, 0.2) is 0 Å². The van der Waals surface area contributed by atoms with Gasteiger partial charge in [0, 0.05) is 30.8 Å². The number of aromatic nitrogens is 2. The van der Waals surface area contributed by atoms with E-state index >= 15 is 0 Å². The van der Waals surface area contributed by atoms with E-state index in [4.69, 9.17) is 0 Å². The minimum absolute atomic E-state index is 1.07. The Balaban J connectivity index is 2.51. The normalized spacial score (nSPS) is 10.5. The summed E-state index contributed by atoms with van der Waals surface area (Å²) in [4.78, 5) is 4.36. The fourth-order valence-corrected chi connectivity index (χ4v) is 1.68. The van der Waals surface area contributed by atoms with E-state index in [0.29, 0.717) is 0 Å². The smallest absolute Gasteiger partial charge is 0.0382 e. The summed E-state index contributed by atoms with van der Waals surface area (Å²) < 4.78 is 2.06. The fourth-order valence-electron chi connectivity index (χ4n) is 1.68. The Kier molecular flexibility index (Phi) is 2.12. The van der Waals surface area contributed by atoms with Crippen molar-refractivity contribution in [1.29, 1.82) is 0 Å². The van der Waals surface area contributed by atoms with Gasteiger partial charge in [0.2, 0.25) is 0 Å². The second-order valence-corrected chi connectivity index (χ2v) is 3.70. The largest absolute Gasteiger partial charge is 0.357 e. The number of rotatable bonds is 1. The minimum atomic E-state index is 1.07.